The largest absolute Gasteiger partial charge is 0.495 e. The average Bonchev–Trinajstić information content (AvgIpc) is 2.73. The van der Waals surface area contributed by atoms with Crippen LogP contribution in [0.4, 0.5) is 5.69 Å². The topological polar surface area (TPSA) is 64.6 Å². The molecule has 0 radical (unpaired) electrons. The lowest BCUT2D eigenvalue weighted by Crippen LogP contribution is -2.26. The summed E-state index contributed by atoms with van der Waals surface area (Å²) in [6, 6.07) is 21.6. The van der Waals surface area contributed by atoms with E-state index < -0.39 is 6.10 Å². The third-order valence-electron chi connectivity index (χ3n) is 4.45. The number of anilines is 1. The minimum Gasteiger partial charge on any atom is -0.495 e. The van der Waals surface area contributed by atoms with Crippen LogP contribution in [0.2, 0.25) is 0 Å². The minimum absolute atomic E-state index is 0.0688. The summed E-state index contributed by atoms with van der Waals surface area (Å²) in [4.78, 5) is 24.8. The van der Waals surface area contributed by atoms with E-state index in [1.807, 2.05) is 49.4 Å². The molecule has 0 bridgehead atoms. The van der Waals surface area contributed by atoms with Crippen molar-refractivity contribution in [1.29, 1.82) is 0 Å². The Morgan fingerprint density at radius 1 is 0.931 bits per heavy atom. The molecule has 0 spiro atoms. The van der Waals surface area contributed by atoms with Gasteiger partial charge in [0.05, 0.1) is 12.8 Å². The van der Waals surface area contributed by atoms with Gasteiger partial charge in [0.15, 0.2) is 5.78 Å². The molecule has 0 unspecified atom stereocenters. The van der Waals surface area contributed by atoms with Gasteiger partial charge >= 0.3 is 0 Å². The molecule has 1 amide bonds. The Morgan fingerprint density at radius 3 is 2.38 bits per heavy atom. The number of hydrogen-bond acceptors (Lipinski definition) is 4. The van der Waals surface area contributed by atoms with Gasteiger partial charge in [-0.25, -0.2) is 0 Å². The van der Waals surface area contributed by atoms with Gasteiger partial charge in [-0.3, -0.25) is 9.59 Å². The van der Waals surface area contributed by atoms with Gasteiger partial charge in [-0.05, 0) is 43.7 Å². The fourth-order valence-corrected chi connectivity index (χ4v) is 2.94. The molecule has 1 N–H and O–H groups in total. The fraction of sp³-hybridized carbons (Fsp3) is 0.167. The van der Waals surface area contributed by atoms with Crippen LogP contribution in [0.3, 0.4) is 0 Å². The smallest absolute Gasteiger partial charge is 0.270 e. The molecule has 0 aliphatic heterocycles. The number of hydrogen-bond donors (Lipinski definition) is 1. The number of aryl methyl sites for hydroxylation is 1. The Morgan fingerprint density at radius 2 is 1.69 bits per heavy atom. The van der Waals surface area contributed by atoms with Crippen molar-refractivity contribution in [3.05, 3.63) is 89.5 Å². The number of carbonyl (C=O) groups is 2. The van der Waals surface area contributed by atoms with Crippen LogP contribution in [0.5, 0.6) is 11.5 Å². The highest BCUT2D eigenvalue weighted by atomic mass is 16.5. The number of ketones is 1. The summed E-state index contributed by atoms with van der Waals surface area (Å²) in [5, 5.41) is 2.90. The molecule has 0 fully saturated rings. The van der Waals surface area contributed by atoms with Crippen molar-refractivity contribution >= 4 is 17.4 Å². The normalized spacial score (nSPS) is 11.4. The summed E-state index contributed by atoms with van der Waals surface area (Å²) >= 11 is 0. The Kier molecular flexibility index (Phi) is 6.29. The number of benzene rings is 3. The molecule has 3 rings (SSSR count). The summed E-state index contributed by atoms with van der Waals surface area (Å²) in [5.41, 5.74) is 2.78. The Labute approximate surface area is 170 Å². The summed E-state index contributed by atoms with van der Waals surface area (Å²) in [6.45, 7) is 3.43. The molecule has 5 nitrogen and oxygen atoms in total. The highest BCUT2D eigenvalue weighted by Gasteiger charge is 2.24. The number of carbonyl (C=O) groups excluding carboxylic acids is 2. The number of amides is 1. The minimum atomic E-state index is -0.899. The van der Waals surface area contributed by atoms with Crippen LogP contribution in [-0.4, -0.2) is 18.8 Å². The molecular weight excluding hydrogens is 366 g/mol. The lowest BCUT2D eigenvalue weighted by atomic mass is 10.1. The number of nitrogens with one attached hydrogen (secondary N) is 1. The second kappa shape index (κ2) is 9.06. The van der Waals surface area contributed by atoms with Crippen molar-refractivity contribution in [2.24, 2.45) is 0 Å². The summed E-state index contributed by atoms with van der Waals surface area (Å²) < 4.78 is 11.4. The Bertz CT molecular complexity index is 1010. The van der Waals surface area contributed by atoms with Crippen LogP contribution in [0.25, 0.3) is 0 Å². The molecule has 1 atom stereocenters. The maximum absolute atomic E-state index is 13.2. The summed E-state index contributed by atoms with van der Waals surface area (Å²) in [7, 11) is 1.55. The van der Waals surface area contributed by atoms with Gasteiger partial charge in [0.25, 0.3) is 5.91 Å². The zero-order valence-corrected chi connectivity index (χ0v) is 16.6. The molecule has 0 aromatic heterocycles. The van der Waals surface area contributed by atoms with E-state index in [1.165, 1.54) is 6.92 Å². The van der Waals surface area contributed by atoms with Crippen molar-refractivity contribution in [2.75, 3.05) is 12.4 Å². The highest BCUT2D eigenvalue weighted by molar-refractivity contribution is 5.97. The lowest BCUT2D eigenvalue weighted by Gasteiger charge is -2.20. The fourth-order valence-electron chi connectivity index (χ4n) is 2.94. The number of rotatable bonds is 7. The van der Waals surface area contributed by atoms with E-state index in [0.29, 0.717) is 28.3 Å². The van der Waals surface area contributed by atoms with E-state index in [-0.39, 0.29) is 11.7 Å². The molecule has 5 heteroatoms. The summed E-state index contributed by atoms with van der Waals surface area (Å²) in [6.07, 6.45) is -0.899. The van der Waals surface area contributed by atoms with Gasteiger partial charge in [0.1, 0.15) is 11.5 Å². The van der Waals surface area contributed by atoms with Gasteiger partial charge in [0.2, 0.25) is 6.10 Å². The molecule has 29 heavy (non-hydrogen) atoms. The quantitative estimate of drug-likeness (QED) is 0.580. The Balaban J connectivity index is 1.92. The average molecular weight is 389 g/mol. The second-order valence-electron chi connectivity index (χ2n) is 6.69. The monoisotopic (exact) mass is 389 g/mol. The SMILES string of the molecule is COc1ccc(C)cc1NC(=O)[C@H](Oc1cccc(C(C)=O)c1)c1ccccc1. The third-order valence-corrected chi connectivity index (χ3v) is 4.45. The third kappa shape index (κ3) is 5.02. The molecule has 0 heterocycles. The van der Waals surface area contributed by atoms with Crippen LogP contribution in [-0.2, 0) is 4.79 Å². The zero-order chi connectivity index (χ0) is 20.8. The molecule has 0 saturated heterocycles. The molecule has 3 aromatic carbocycles. The van der Waals surface area contributed by atoms with Crippen LogP contribution in [0.1, 0.15) is 34.5 Å². The lowest BCUT2D eigenvalue weighted by molar-refractivity contribution is -0.123. The van der Waals surface area contributed by atoms with Crippen LogP contribution in [0, 0.1) is 6.92 Å². The first-order valence-corrected chi connectivity index (χ1v) is 9.26. The van der Waals surface area contributed by atoms with E-state index in [0.717, 1.165) is 5.56 Å². The van der Waals surface area contributed by atoms with Crippen molar-refractivity contribution in [1.82, 2.24) is 0 Å². The van der Waals surface area contributed by atoms with E-state index >= 15 is 0 Å². The number of Topliss-reactive ketones (excluding diaryl/α,β-unsaturated/α-hetero) is 1. The molecule has 0 aliphatic carbocycles. The number of methoxy groups -OCH3 is 1. The Hall–Kier alpha value is -3.60. The molecule has 3 aromatic rings. The first-order chi connectivity index (χ1) is 14.0. The maximum atomic E-state index is 13.2. The van der Waals surface area contributed by atoms with E-state index in [2.05, 4.69) is 5.32 Å². The predicted molar refractivity (Wildman–Crippen MR) is 113 cm³/mol. The van der Waals surface area contributed by atoms with Crippen LogP contribution >= 0.6 is 0 Å². The van der Waals surface area contributed by atoms with Gasteiger partial charge < -0.3 is 14.8 Å². The molecule has 148 valence electrons. The van der Waals surface area contributed by atoms with Gasteiger partial charge in [-0.1, -0.05) is 48.5 Å². The second-order valence-corrected chi connectivity index (χ2v) is 6.69. The van der Waals surface area contributed by atoms with Crippen molar-refractivity contribution in [3.8, 4) is 11.5 Å². The van der Waals surface area contributed by atoms with E-state index in [4.69, 9.17) is 9.47 Å². The predicted octanol–water partition coefficient (Wildman–Crippen LogP) is 4.97. The van der Waals surface area contributed by atoms with Crippen LogP contribution < -0.4 is 14.8 Å². The zero-order valence-electron chi connectivity index (χ0n) is 16.6. The molecular formula is C24H23NO4. The van der Waals surface area contributed by atoms with Gasteiger partial charge in [-0.15, -0.1) is 0 Å². The highest BCUT2D eigenvalue weighted by Crippen LogP contribution is 2.29. The standard InChI is InChI=1S/C24H23NO4/c1-16-12-13-22(28-3)21(14-16)25-24(27)23(18-8-5-4-6-9-18)29-20-11-7-10-19(15-20)17(2)26/h4-15,23H,1-3H3,(H,25,27)/t23-/m1/s1. The first kappa shape index (κ1) is 20.1. The van der Waals surface area contributed by atoms with E-state index in [9.17, 15) is 9.59 Å². The van der Waals surface area contributed by atoms with Crippen molar-refractivity contribution in [2.45, 2.75) is 20.0 Å². The molecule has 0 aliphatic rings. The van der Waals surface area contributed by atoms with E-state index in [1.54, 1.807) is 37.4 Å². The van der Waals surface area contributed by atoms with Crippen LogP contribution in [0.15, 0.2) is 72.8 Å². The first-order valence-electron chi connectivity index (χ1n) is 9.26. The molecule has 0 saturated carbocycles. The van der Waals surface area contributed by atoms with Gasteiger partial charge in [0, 0.05) is 11.1 Å². The maximum Gasteiger partial charge on any atom is 0.270 e. The van der Waals surface area contributed by atoms with Crippen molar-refractivity contribution < 1.29 is 19.1 Å². The van der Waals surface area contributed by atoms with Gasteiger partial charge in [-0.2, -0.15) is 0 Å². The van der Waals surface area contributed by atoms with Crippen molar-refractivity contribution in [3.63, 3.8) is 0 Å². The number of ether oxygens (including phenoxy) is 2. The summed E-state index contributed by atoms with van der Waals surface area (Å²) in [5.74, 6) is 0.598.